The van der Waals surface area contributed by atoms with Crippen molar-refractivity contribution in [1.29, 1.82) is 0 Å². The van der Waals surface area contributed by atoms with Gasteiger partial charge in [-0.1, -0.05) is 43.5 Å². The molecule has 0 spiro atoms. The summed E-state index contributed by atoms with van der Waals surface area (Å²) in [6.07, 6.45) is 5.62. The van der Waals surface area contributed by atoms with Crippen LogP contribution in [0.5, 0.6) is 5.75 Å². The topological polar surface area (TPSA) is 67.7 Å². The van der Waals surface area contributed by atoms with E-state index in [0.717, 1.165) is 38.8 Å². The summed E-state index contributed by atoms with van der Waals surface area (Å²) < 4.78 is 7.32. The number of hydrogen-bond acceptors (Lipinski definition) is 5. The lowest BCUT2D eigenvalue weighted by Gasteiger charge is -2.43. The molecule has 2 heterocycles. The number of ether oxygens (including phenoxy) is 1. The third-order valence-corrected chi connectivity index (χ3v) is 7.95. The summed E-state index contributed by atoms with van der Waals surface area (Å²) in [5.74, 6) is 1.82. The minimum Gasteiger partial charge on any atom is -0.495 e. The molecule has 0 radical (unpaired) electrons. The summed E-state index contributed by atoms with van der Waals surface area (Å²) in [6, 6.07) is 15.1. The molecule has 7 nitrogen and oxygen atoms in total. The Bertz CT molecular complexity index is 1300. The minimum atomic E-state index is -0.124. The Morgan fingerprint density at radius 3 is 2.50 bits per heavy atom. The largest absolute Gasteiger partial charge is 0.495 e. The summed E-state index contributed by atoms with van der Waals surface area (Å²) in [4.78, 5) is 36.5. The summed E-state index contributed by atoms with van der Waals surface area (Å²) in [5, 5.41) is 0.579. The molecule has 36 heavy (non-hydrogen) atoms. The first-order valence-corrected chi connectivity index (χ1v) is 13.2. The van der Waals surface area contributed by atoms with Gasteiger partial charge in [0, 0.05) is 31.6 Å². The van der Waals surface area contributed by atoms with Crippen molar-refractivity contribution in [3.63, 3.8) is 0 Å². The van der Waals surface area contributed by atoms with E-state index in [-0.39, 0.29) is 23.6 Å². The van der Waals surface area contributed by atoms with Crippen LogP contribution >= 0.6 is 0 Å². The molecule has 1 saturated carbocycles. The highest BCUT2D eigenvalue weighted by Gasteiger charge is 2.35. The van der Waals surface area contributed by atoms with Gasteiger partial charge in [-0.25, -0.2) is 4.98 Å². The first-order valence-electron chi connectivity index (χ1n) is 13.2. The molecule has 190 valence electrons. The quantitative estimate of drug-likeness (QED) is 0.526. The third-order valence-electron chi connectivity index (χ3n) is 7.95. The highest BCUT2D eigenvalue weighted by Crippen LogP contribution is 2.30. The fraction of sp³-hybridized carbons (Fsp3) is 0.483. The molecule has 1 aliphatic heterocycles. The number of piperazine rings is 1. The second-order valence-corrected chi connectivity index (χ2v) is 10.2. The van der Waals surface area contributed by atoms with E-state index in [1.54, 1.807) is 11.7 Å². The maximum atomic E-state index is 13.8. The first-order chi connectivity index (χ1) is 17.5. The molecule has 2 unspecified atom stereocenters. The van der Waals surface area contributed by atoms with Gasteiger partial charge in [0.1, 0.15) is 11.6 Å². The predicted molar refractivity (Wildman–Crippen MR) is 142 cm³/mol. The Morgan fingerprint density at radius 2 is 1.75 bits per heavy atom. The van der Waals surface area contributed by atoms with Crippen LogP contribution in [-0.2, 0) is 4.79 Å². The van der Waals surface area contributed by atoms with Crippen LogP contribution in [0.15, 0.2) is 53.3 Å². The van der Waals surface area contributed by atoms with Crippen LogP contribution in [-0.4, -0.2) is 58.0 Å². The number of carbonyl (C=O) groups is 1. The molecule has 0 N–H and O–H groups in total. The lowest BCUT2D eigenvalue weighted by Crippen LogP contribution is -2.56. The molecule has 2 fully saturated rings. The number of methoxy groups -OCH3 is 1. The normalized spacial score (nSPS) is 20.4. The second kappa shape index (κ2) is 10.4. The van der Waals surface area contributed by atoms with Crippen LogP contribution in [0.4, 0.5) is 0 Å². The van der Waals surface area contributed by atoms with Gasteiger partial charge in [-0.3, -0.25) is 19.1 Å². The first kappa shape index (κ1) is 24.5. The number of nitrogens with zero attached hydrogens (tertiary/aromatic N) is 4. The number of amides is 1. The zero-order valence-electron chi connectivity index (χ0n) is 21.5. The van der Waals surface area contributed by atoms with Crippen LogP contribution < -0.4 is 10.3 Å². The predicted octanol–water partition coefficient (Wildman–Crippen LogP) is 4.57. The van der Waals surface area contributed by atoms with Gasteiger partial charge in [-0.15, -0.1) is 0 Å². The van der Waals surface area contributed by atoms with Crippen molar-refractivity contribution < 1.29 is 9.53 Å². The van der Waals surface area contributed by atoms with Gasteiger partial charge < -0.3 is 9.64 Å². The summed E-state index contributed by atoms with van der Waals surface area (Å²) in [6.45, 7) is 6.44. The number of hydrogen-bond donors (Lipinski definition) is 0. The molecule has 1 aromatic heterocycles. The Balaban J connectivity index is 1.48. The zero-order chi connectivity index (χ0) is 25.2. The Kier molecular flexibility index (Phi) is 7.10. The van der Waals surface area contributed by atoms with Crippen molar-refractivity contribution in [2.24, 2.45) is 5.92 Å². The molecular formula is C29H36N4O3. The van der Waals surface area contributed by atoms with Crippen LogP contribution in [0.1, 0.15) is 57.8 Å². The lowest BCUT2D eigenvalue weighted by molar-refractivity contribution is -0.141. The van der Waals surface area contributed by atoms with Crippen molar-refractivity contribution in [1.82, 2.24) is 19.4 Å². The van der Waals surface area contributed by atoms with E-state index in [1.807, 2.05) is 48.5 Å². The molecule has 1 saturated heterocycles. The Morgan fingerprint density at radius 1 is 1.03 bits per heavy atom. The van der Waals surface area contributed by atoms with Crippen molar-refractivity contribution >= 4 is 16.8 Å². The van der Waals surface area contributed by atoms with E-state index in [1.165, 1.54) is 6.42 Å². The van der Waals surface area contributed by atoms with Gasteiger partial charge in [-0.2, -0.15) is 0 Å². The molecule has 3 aromatic rings. The highest BCUT2D eigenvalue weighted by atomic mass is 16.5. The number of rotatable bonds is 5. The van der Waals surface area contributed by atoms with E-state index in [2.05, 4.69) is 23.6 Å². The van der Waals surface area contributed by atoms with Gasteiger partial charge in [-0.05, 0) is 51.0 Å². The third kappa shape index (κ3) is 4.52. The maximum absolute atomic E-state index is 13.8. The molecule has 5 rings (SSSR count). The summed E-state index contributed by atoms with van der Waals surface area (Å²) in [5.41, 5.74) is 1.27. The molecule has 7 heteroatoms. The standard InChI is InChI=1S/C29H36N4O3/c1-20-19-31(17-18-32(20)28(34)22-11-5-4-6-12-22)21(2)27-30-24-14-8-7-13-23(24)29(35)33(27)25-15-9-10-16-26(25)36-3/h7-10,13-16,20-22H,4-6,11-12,17-19H2,1-3H3. The number of fused-ring (bicyclic) bond motifs is 1. The zero-order valence-corrected chi connectivity index (χ0v) is 21.5. The van der Waals surface area contributed by atoms with Crippen molar-refractivity contribution in [2.75, 3.05) is 26.7 Å². The minimum absolute atomic E-state index is 0.105. The molecule has 2 aliphatic rings. The molecule has 1 amide bonds. The van der Waals surface area contributed by atoms with E-state index in [4.69, 9.17) is 9.72 Å². The average Bonchev–Trinajstić information content (AvgIpc) is 2.92. The second-order valence-electron chi connectivity index (χ2n) is 10.2. The van der Waals surface area contributed by atoms with Crippen LogP contribution in [0.2, 0.25) is 0 Å². The van der Waals surface area contributed by atoms with Gasteiger partial charge in [0.15, 0.2) is 0 Å². The van der Waals surface area contributed by atoms with E-state index in [0.29, 0.717) is 40.6 Å². The van der Waals surface area contributed by atoms with Gasteiger partial charge in [0.2, 0.25) is 5.91 Å². The van der Waals surface area contributed by atoms with Crippen LogP contribution in [0, 0.1) is 5.92 Å². The number of benzene rings is 2. The Labute approximate surface area is 212 Å². The number of carbonyl (C=O) groups excluding carboxylic acids is 1. The fourth-order valence-electron chi connectivity index (χ4n) is 5.89. The van der Waals surface area contributed by atoms with Gasteiger partial charge in [0.05, 0.1) is 29.7 Å². The van der Waals surface area contributed by atoms with E-state index in [9.17, 15) is 9.59 Å². The van der Waals surface area contributed by atoms with Crippen LogP contribution in [0.25, 0.3) is 16.6 Å². The monoisotopic (exact) mass is 488 g/mol. The number of aromatic nitrogens is 2. The lowest BCUT2D eigenvalue weighted by atomic mass is 9.87. The van der Waals surface area contributed by atoms with Crippen molar-refractivity contribution in [3.05, 3.63) is 64.7 Å². The van der Waals surface area contributed by atoms with Gasteiger partial charge >= 0.3 is 0 Å². The SMILES string of the molecule is COc1ccccc1-n1c(C(C)N2CCN(C(=O)C3CCCCC3)C(C)C2)nc2ccccc2c1=O. The van der Waals surface area contributed by atoms with E-state index < -0.39 is 0 Å². The molecule has 1 aliphatic carbocycles. The van der Waals surface area contributed by atoms with E-state index >= 15 is 0 Å². The van der Waals surface area contributed by atoms with Crippen molar-refractivity contribution in [2.45, 2.75) is 58.0 Å². The molecule has 2 atom stereocenters. The number of para-hydroxylation sites is 3. The fourth-order valence-corrected chi connectivity index (χ4v) is 5.89. The van der Waals surface area contributed by atoms with Crippen molar-refractivity contribution in [3.8, 4) is 11.4 Å². The molecule has 2 aromatic carbocycles. The highest BCUT2D eigenvalue weighted by molar-refractivity contribution is 5.79. The van der Waals surface area contributed by atoms with Gasteiger partial charge in [0.25, 0.3) is 5.56 Å². The smallest absolute Gasteiger partial charge is 0.266 e. The maximum Gasteiger partial charge on any atom is 0.266 e. The molecule has 0 bridgehead atoms. The summed E-state index contributed by atoms with van der Waals surface area (Å²) in [7, 11) is 1.62. The summed E-state index contributed by atoms with van der Waals surface area (Å²) >= 11 is 0. The molecular weight excluding hydrogens is 452 g/mol. The van der Waals surface area contributed by atoms with Crippen LogP contribution in [0.3, 0.4) is 0 Å². The Hall–Kier alpha value is -3.19. The average molecular weight is 489 g/mol.